The standard InChI is InChI=1S/C13H22N4O/c1-2-18-13(7-3-4-8-13)11(17-15)10-6-5-9-16-12(10)14/h5-6,9,11,17H,2-4,7-8,15H2,1H3,(H2,14,16). The number of hydrazine groups is 1. The molecule has 1 aromatic heterocycles. The first-order chi connectivity index (χ1) is 8.73. The number of aromatic nitrogens is 1. The fourth-order valence-electron chi connectivity index (χ4n) is 2.98. The summed E-state index contributed by atoms with van der Waals surface area (Å²) < 4.78 is 6.03. The molecule has 0 aromatic carbocycles. The van der Waals surface area contributed by atoms with Crippen LogP contribution < -0.4 is 17.0 Å². The number of nitrogen functional groups attached to an aromatic ring is 1. The summed E-state index contributed by atoms with van der Waals surface area (Å²) in [7, 11) is 0. The molecule has 2 rings (SSSR count). The van der Waals surface area contributed by atoms with E-state index in [-0.39, 0.29) is 11.6 Å². The molecule has 1 heterocycles. The van der Waals surface area contributed by atoms with Crippen molar-refractivity contribution in [1.29, 1.82) is 0 Å². The molecule has 0 amide bonds. The predicted molar refractivity (Wildman–Crippen MR) is 71.5 cm³/mol. The van der Waals surface area contributed by atoms with Crippen molar-refractivity contribution in [2.24, 2.45) is 5.84 Å². The van der Waals surface area contributed by atoms with Crippen molar-refractivity contribution in [3.8, 4) is 0 Å². The first-order valence-corrected chi connectivity index (χ1v) is 6.54. The maximum Gasteiger partial charge on any atom is 0.128 e. The van der Waals surface area contributed by atoms with E-state index in [0.717, 1.165) is 18.4 Å². The van der Waals surface area contributed by atoms with E-state index in [1.54, 1.807) is 6.20 Å². The van der Waals surface area contributed by atoms with Crippen molar-refractivity contribution < 1.29 is 4.74 Å². The van der Waals surface area contributed by atoms with Crippen molar-refractivity contribution in [1.82, 2.24) is 10.4 Å². The molecule has 1 unspecified atom stereocenters. The third-order valence-electron chi connectivity index (χ3n) is 3.76. The van der Waals surface area contributed by atoms with Crippen molar-refractivity contribution in [2.75, 3.05) is 12.3 Å². The monoisotopic (exact) mass is 250 g/mol. The molecule has 5 heteroatoms. The Balaban J connectivity index is 2.34. The average Bonchev–Trinajstić information content (AvgIpc) is 2.82. The zero-order valence-electron chi connectivity index (χ0n) is 10.9. The molecule has 0 spiro atoms. The lowest BCUT2D eigenvalue weighted by Crippen LogP contribution is -2.47. The highest BCUT2D eigenvalue weighted by Gasteiger charge is 2.43. The molecule has 1 atom stereocenters. The third kappa shape index (κ3) is 2.34. The molecule has 1 fully saturated rings. The second kappa shape index (κ2) is 5.65. The van der Waals surface area contributed by atoms with Crippen LogP contribution in [0.2, 0.25) is 0 Å². The number of nitrogens with zero attached hydrogens (tertiary/aromatic N) is 1. The Bertz CT molecular complexity index is 390. The van der Waals surface area contributed by atoms with E-state index in [2.05, 4.69) is 10.4 Å². The van der Waals surface area contributed by atoms with E-state index >= 15 is 0 Å². The number of anilines is 1. The summed E-state index contributed by atoms with van der Waals surface area (Å²) in [4.78, 5) is 4.14. The van der Waals surface area contributed by atoms with Gasteiger partial charge >= 0.3 is 0 Å². The van der Waals surface area contributed by atoms with Crippen LogP contribution in [0.3, 0.4) is 0 Å². The van der Waals surface area contributed by atoms with Gasteiger partial charge in [0.2, 0.25) is 0 Å². The first-order valence-electron chi connectivity index (χ1n) is 6.54. The fraction of sp³-hybridized carbons (Fsp3) is 0.615. The summed E-state index contributed by atoms with van der Waals surface area (Å²) in [5, 5.41) is 0. The SMILES string of the molecule is CCOC1(C(NN)c2cccnc2N)CCCC1. The second-order valence-electron chi connectivity index (χ2n) is 4.78. The largest absolute Gasteiger partial charge is 0.383 e. The summed E-state index contributed by atoms with van der Waals surface area (Å²) in [6, 6.07) is 3.74. The Hall–Kier alpha value is -1.17. The van der Waals surface area contributed by atoms with E-state index < -0.39 is 0 Å². The third-order valence-corrected chi connectivity index (χ3v) is 3.76. The van der Waals surface area contributed by atoms with Crippen LogP contribution in [0, 0.1) is 0 Å². The van der Waals surface area contributed by atoms with Gasteiger partial charge in [-0.1, -0.05) is 18.9 Å². The Morgan fingerprint density at radius 3 is 2.78 bits per heavy atom. The van der Waals surface area contributed by atoms with Crippen LogP contribution in [0.25, 0.3) is 0 Å². The smallest absolute Gasteiger partial charge is 0.128 e. The van der Waals surface area contributed by atoms with Gasteiger partial charge in [-0.05, 0) is 25.8 Å². The highest BCUT2D eigenvalue weighted by Crippen LogP contribution is 2.43. The Morgan fingerprint density at radius 2 is 2.22 bits per heavy atom. The zero-order valence-corrected chi connectivity index (χ0v) is 10.9. The lowest BCUT2D eigenvalue weighted by atomic mass is 9.87. The molecule has 1 aliphatic rings. The van der Waals surface area contributed by atoms with Crippen LogP contribution in [-0.2, 0) is 4.74 Å². The van der Waals surface area contributed by atoms with Crippen LogP contribution in [0.4, 0.5) is 5.82 Å². The van der Waals surface area contributed by atoms with Gasteiger partial charge in [0.05, 0.1) is 11.6 Å². The van der Waals surface area contributed by atoms with Gasteiger partial charge in [-0.3, -0.25) is 5.84 Å². The van der Waals surface area contributed by atoms with Crippen LogP contribution in [-0.4, -0.2) is 17.2 Å². The molecule has 18 heavy (non-hydrogen) atoms. The molecule has 1 saturated carbocycles. The van der Waals surface area contributed by atoms with E-state index in [9.17, 15) is 0 Å². The van der Waals surface area contributed by atoms with Gasteiger partial charge in [-0.2, -0.15) is 0 Å². The van der Waals surface area contributed by atoms with Crippen LogP contribution in [0.15, 0.2) is 18.3 Å². The highest BCUT2D eigenvalue weighted by atomic mass is 16.5. The number of hydrogen-bond acceptors (Lipinski definition) is 5. The molecule has 0 aliphatic heterocycles. The van der Waals surface area contributed by atoms with Gasteiger partial charge < -0.3 is 10.5 Å². The Kier molecular flexibility index (Phi) is 4.16. The fourth-order valence-corrected chi connectivity index (χ4v) is 2.98. The predicted octanol–water partition coefficient (Wildman–Crippen LogP) is 1.52. The van der Waals surface area contributed by atoms with Crippen LogP contribution >= 0.6 is 0 Å². The molecular weight excluding hydrogens is 228 g/mol. The van der Waals surface area contributed by atoms with Gasteiger partial charge in [0, 0.05) is 18.4 Å². The molecular formula is C13H22N4O. The summed E-state index contributed by atoms with van der Waals surface area (Å²) in [6.45, 7) is 2.69. The first kappa shape index (κ1) is 13.3. The Labute approximate surface area is 108 Å². The van der Waals surface area contributed by atoms with Crippen molar-refractivity contribution in [2.45, 2.75) is 44.2 Å². The van der Waals surface area contributed by atoms with Crippen molar-refractivity contribution in [3.63, 3.8) is 0 Å². The number of nitrogens with one attached hydrogen (secondary N) is 1. The highest BCUT2D eigenvalue weighted by molar-refractivity contribution is 5.42. The number of rotatable bonds is 5. The van der Waals surface area contributed by atoms with E-state index in [4.69, 9.17) is 16.3 Å². The molecule has 1 aromatic rings. The minimum absolute atomic E-state index is 0.103. The molecule has 0 bridgehead atoms. The topological polar surface area (TPSA) is 86.2 Å². The minimum Gasteiger partial charge on any atom is -0.383 e. The van der Waals surface area contributed by atoms with E-state index in [1.807, 2.05) is 19.1 Å². The summed E-state index contributed by atoms with van der Waals surface area (Å²) in [5.41, 5.74) is 9.52. The number of pyridine rings is 1. The minimum atomic E-state index is -0.249. The lowest BCUT2D eigenvalue weighted by molar-refractivity contribution is -0.0626. The molecule has 0 saturated heterocycles. The number of ether oxygens (including phenoxy) is 1. The van der Waals surface area contributed by atoms with Crippen LogP contribution in [0.5, 0.6) is 0 Å². The maximum absolute atomic E-state index is 6.03. The summed E-state index contributed by atoms with van der Waals surface area (Å²) >= 11 is 0. The van der Waals surface area contributed by atoms with Gasteiger partial charge in [0.15, 0.2) is 0 Å². The second-order valence-corrected chi connectivity index (χ2v) is 4.78. The van der Waals surface area contributed by atoms with E-state index in [0.29, 0.717) is 12.4 Å². The van der Waals surface area contributed by atoms with Gasteiger partial charge in [-0.15, -0.1) is 0 Å². The maximum atomic E-state index is 6.03. The Morgan fingerprint density at radius 1 is 1.50 bits per heavy atom. The quantitative estimate of drug-likeness (QED) is 0.545. The van der Waals surface area contributed by atoms with Gasteiger partial charge in [0.25, 0.3) is 0 Å². The molecule has 5 nitrogen and oxygen atoms in total. The van der Waals surface area contributed by atoms with Gasteiger partial charge in [-0.25, -0.2) is 10.4 Å². The summed E-state index contributed by atoms with van der Waals surface area (Å²) in [6.07, 6.45) is 6.03. The number of nitrogens with two attached hydrogens (primary N) is 2. The lowest BCUT2D eigenvalue weighted by Gasteiger charge is -2.37. The molecule has 0 radical (unpaired) electrons. The van der Waals surface area contributed by atoms with Crippen LogP contribution in [0.1, 0.15) is 44.2 Å². The molecule has 1 aliphatic carbocycles. The normalized spacial score (nSPS) is 19.9. The molecule has 100 valence electrons. The van der Waals surface area contributed by atoms with E-state index in [1.165, 1.54) is 12.8 Å². The average molecular weight is 250 g/mol. The van der Waals surface area contributed by atoms with Crippen molar-refractivity contribution >= 4 is 5.82 Å². The van der Waals surface area contributed by atoms with Gasteiger partial charge in [0.1, 0.15) is 5.82 Å². The number of hydrogen-bond donors (Lipinski definition) is 3. The zero-order chi connectivity index (χ0) is 13.0. The van der Waals surface area contributed by atoms with Crippen molar-refractivity contribution in [3.05, 3.63) is 23.9 Å². The summed E-state index contributed by atoms with van der Waals surface area (Å²) in [5.74, 6) is 6.28. The molecule has 5 N–H and O–H groups in total.